The molecular formula is C13H22N4. The van der Waals surface area contributed by atoms with Gasteiger partial charge >= 0.3 is 0 Å². The van der Waals surface area contributed by atoms with Gasteiger partial charge in [-0.1, -0.05) is 13.3 Å². The summed E-state index contributed by atoms with van der Waals surface area (Å²) in [5, 5.41) is 3.37. The minimum Gasteiger partial charge on any atom is -0.369 e. The molecule has 0 unspecified atom stereocenters. The van der Waals surface area contributed by atoms with Crippen LogP contribution in [-0.4, -0.2) is 41.0 Å². The van der Waals surface area contributed by atoms with Gasteiger partial charge in [-0.25, -0.2) is 9.97 Å². The van der Waals surface area contributed by atoms with Gasteiger partial charge in [0.2, 0.25) is 0 Å². The van der Waals surface area contributed by atoms with Crippen molar-refractivity contribution in [3.8, 4) is 0 Å². The predicted octanol–water partition coefficient (Wildman–Crippen LogP) is 1.94. The summed E-state index contributed by atoms with van der Waals surface area (Å²) in [6, 6.07) is 2.04. The van der Waals surface area contributed by atoms with E-state index in [0.29, 0.717) is 0 Å². The Hall–Kier alpha value is -1.16. The van der Waals surface area contributed by atoms with E-state index in [9.17, 15) is 0 Å². The van der Waals surface area contributed by atoms with E-state index < -0.39 is 0 Å². The lowest BCUT2D eigenvalue weighted by Crippen LogP contribution is -2.33. The smallest absolute Gasteiger partial charge is 0.129 e. The molecule has 0 atom stereocenters. The fourth-order valence-electron chi connectivity index (χ4n) is 2.21. The standard InChI is InChI=1S/C13H22N4/c1-2-12-10-13(16-11-15-12)14-6-9-17-7-4-3-5-8-17/h10-11H,2-9H2,1H3,(H,14,15,16). The molecule has 0 saturated carbocycles. The normalized spacial score (nSPS) is 17.0. The van der Waals surface area contributed by atoms with Crippen LogP contribution >= 0.6 is 0 Å². The van der Waals surface area contributed by atoms with E-state index in [4.69, 9.17) is 0 Å². The lowest BCUT2D eigenvalue weighted by atomic mass is 10.1. The summed E-state index contributed by atoms with van der Waals surface area (Å²) < 4.78 is 0. The molecule has 0 radical (unpaired) electrons. The predicted molar refractivity (Wildman–Crippen MR) is 70.2 cm³/mol. The summed E-state index contributed by atoms with van der Waals surface area (Å²) in [6.45, 7) is 6.71. The van der Waals surface area contributed by atoms with Gasteiger partial charge < -0.3 is 10.2 Å². The zero-order valence-electron chi connectivity index (χ0n) is 10.7. The van der Waals surface area contributed by atoms with Crippen LogP contribution in [0.2, 0.25) is 0 Å². The summed E-state index contributed by atoms with van der Waals surface area (Å²) in [4.78, 5) is 10.9. The van der Waals surface area contributed by atoms with Crippen molar-refractivity contribution in [3.63, 3.8) is 0 Å². The Bertz CT molecular complexity index is 334. The van der Waals surface area contributed by atoms with Crippen LogP contribution in [0.25, 0.3) is 0 Å². The monoisotopic (exact) mass is 234 g/mol. The number of hydrogen-bond acceptors (Lipinski definition) is 4. The molecule has 1 fully saturated rings. The van der Waals surface area contributed by atoms with Gasteiger partial charge in [0.1, 0.15) is 12.1 Å². The van der Waals surface area contributed by atoms with E-state index in [0.717, 1.165) is 31.0 Å². The molecule has 1 N–H and O–H groups in total. The lowest BCUT2D eigenvalue weighted by molar-refractivity contribution is 0.237. The zero-order chi connectivity index (χ0) is 11.9. The van der Waals surface area contributed by atoms with Gasteiger partial charge in [0.15, 0.2) is 0 Å². The Balaban J connectivity index is 1.73. The molecule has 94 valence electrons. The number of piperidine rings is 1. The highest BCUT2D eigenvalue weighted by Gasteiger charge is 2.08. The average molecular weight is 234 g/mol. The molecule has 1 aliphatic heterocycles. The summed E-state index contributed by atoms with van der Waals surface area (Å²) in [5.41, 5.74) is 1.10. The molecule has 17 heavy (non-hydrogen) atoms. The molecule has 1 aromatic heterocycles. The quantitative estimate of drug-likeness (QED) is 0.845. The summed E-state index contributed by atoms with van der Waals surface area (Å²) >= 11 is 0. The first kappa shape index (κ1) is 12.3. The highest BCUT2D eigenvalue weighted by Crippen LogP contribution is 2.08. The summed E-state index contributed by atoms with van der Waals surface area (Å²) in [7, 11) is 0. The lowest BCUT2D eigenvalue weighted by Gasteiger charge is -2.26. The van der Waals surface area contributed by atoms with Gasteiger partial charge in [-0.15, -0.1) is 0 Å². The van der Waals surface area contributed by atoms with Gasteiger partial charge in [-0.05, 0) is 32.4 Å². The molecule has 0 aliphatic carbocycles. The maximum atomic E-state index is 4.23. The second-order valence-electron chi connectivity index (χ2n) is 4.58. The van der Waals surface area contributed by atoms with Crippen LogP contribution in [-0.2, 0) is 6.42 Å². The number of likely N-dealkylation sites (tertiary alicyclic amines) is 1. The van der Waals surface area contributed by atoms with Crippen molar-refractivity contribution < 1.29 is 0 Å². The maximum Gasteiger partial charge on any atom is 0.129 e. The molecule has 0 bridgehead atoms. The van der Waals surface area contributed by atoms with Gasteiger partial charge in [0.05, 0.1) is 0 Å². The number of aromatic nitrogens is 2. The van der Waals surface area contributed by atoms with Gasteiger partial charge in [-0.2, -0.15) is 0 Å². The molecule has 2 rings (SSSR count). The summed E-state index contributed by atoms with van der Waals surface area (Å²) in [6.07, 6.45) is 6.71. The molecule has 1 aliphatic rings. The Labute approximate surface area is 103 Å². The number of hydrogen-bond donors (Lipinski definition) is 1. The van der Waals surface area contributed by atoms with Crippen LogP contribution in [0.4, 0.5) is 5.82 Å². The Morgan fingerprint density at radius 1 is 1.24 bits per heavy atom. The average Bonchev–Trinajstić information content (AvgIpc) is 2.40. The van der Waals surface area contributed by atoms with Crippen molar-refractivity contribution >= 4 is 5.82 Å². The number of nitrogens with one attached hydrogen (secondary N) is 1. The van der Waals surface area contributed by atoms with Gasteiger partial charge in [0.25, 0.3) is 0 Å². The molecule has 2 heterocycles. The minimum atomic E-state index is 0.953. The third-order valence-corrected chi connectivity index (χ3v) is 3.27. The SMILES string of the molecule is CCc1cc(NCCN2CCCCC2)ncn1. The van der Waals surface area contributed by atoms with Crippen LogP contribution in [0.3, 0.4) is 0 Å². The second kappa shape index (κ2) is 6.55. The van der Waals surface area contributed by atoms with E-state index in [1.807, 2.05) is 6.07 Å². The molecule has 1 aromatic rings. The fraction of sp³-hybridized carbons (Fsp3) is 0.692. The molecular weight excluding hydrogens is 212 g/mol. The van der Waals surface area contributed by atoms with E-state index in [1.165, 1.54) is 32.4 Å². The van der Waals surface area contributed by atoms with E-state index >= 15 is 0 Å². The minimum absolute atomic E-state index is 0.953. The molecule has 4 nitrogen and oxygen atoms in total. The van der Waals surface area contributed by atoms with Crippen molar-refractivity contribution in [2.24, 2.45) is 0 Å². The third kappa shape index (κ3) is 3.97. The highest BCUT2D eigenvalue weighted by molar-refractivity contribution is 5.34. The van der Waals surface area contributed by atoms with Crippen LogP contribution in [0, 0.1) is 0 Å². The van der Waals surface area contributed by atoms with E-state index in [2.05, 4.69) is 27.1 Å². The van der Waals surface area contributed by atoms with E-state index in [1.54, 1.807) is 6.33 Å². The van der Waals surface area contributed by atoms with Crippen LogP contribution in [0.15, 0.2) is 12.4 Å². The maximum absolute atomic E-state index is 4.23. The molecule has 0 amide bonds. The van der Waals surface area contributed by atoms with Crippen molar-refractivity contribution in [2.45, 2.75) is 32.6 Å². The van der Waals surface area contributed by atoms with Crippen molar-refractivity contribution in [3.05, 3.63) is 18.1 Å². The molecule has 0 aromatic carbocycles. The Morgan fingerprint density at radius 3 is 2.82 bits per heavy atom. The van der Waals surface area contributed by atoms with Crippen LogP contribution < -0.4 is 5.32 Å². The van der Waals surface area contributed by atoms with Gasteiger partial charge in [0, 0.05) is 24.8 Å². The van der Waals surface area contributed by atoms with Gasteiger partial charge in [-0.3, -0.25) is 0 Å². The van der Waals surface area contributed by atoms with Crippen LogP contribution in [0.5, 0.6) is 0 Å². The highest BCUT2D eigenvalue weighted by atomic mass is 15.1. The van der Waals surface area contributed by atoms with Crippen molar-refractivity contribution in [1.29, 1.82) is 0 Å². The number of aryl methyl sites for hydroxylation is 1. The zero-order valence-corrected chi connectivity index (χ0v) is 10.7. The second-order valence-corrected chi connectivity index (χ2v) is 4.58. The Morgan fingerprint density at radius 2 is 2.06 bits per heavy atom. The van der Waals surface area contributed by atoms with E-state index in [-0.39, 0.29) is 0 Å². The van der Waals surface area contributed by atoms with Crippen molar-refractivity contribution in [1.82, 2.24) is 14.9 Å². The number of anilines is 1. The molecule has 0 spiro atoms. The molecule has 4 heteroatoms. The fourth-order valence-corrected chi connectivity index (χ4v) is 2.21. The number of nitrogens with zero attached hydrogens (tertiary/aromatic N) is 3. The topological polar surface area (TPSA) is 41.0 Å². The third-order valence-electron chi connectivity index (χ3n) is 3.27. The van der Waals surface area contributed by atoms with Crippen molar-refractivity contribution in [2.75, 3.05) is 31.5 Å². The first-order chi connectivity index (χ1) is 8.38. The first-order valence-electron chi connectivity index (χ1n) is 6.65. The largest absolute Gasteiger partial charge is 0.369 e. The number of rotatable bonds is 5. The first-order valence-corrected chi connectivity index (χ1v) is 6.65. The van der Waals surface area contributed by atoms with Crippen LogP contribution in [0.1, 0.15) is 31.9 Å². The summed E-state index contributed by atoms with van der Waals surface area (Å²) in [5.74, 6) is 0.953. The Kier molecular flexibility index (Phi) is 4.74. The molecule has 1 saturated heterocycles.